The molecule has 10 atom stereocenters. The zero-order valence-corrected chi connectivity index (χ0v) is 25.8. The minimum Gasteiger partial charge on any atom is -0.458 e. The molecule has 0 amide bonds. The second-order valence-corrected chi connectivity index (χ2v) is 13.4. The Balaban J connectivity index is 1.61. The molecule has 1 aromatic heterocycles. The maximum atomic E-state index is 13.7. The molecule has 0 bridgehead atoms. The van der Waals surface area contributed by atoms with Gasteiger partial charge in [-0.05, 0) is 38.3 Å². The topological polar surface area (TPSA) is 168 Å². The summed E-state index contributed by atoms with van der Waals surface area (Å²) in [5.74, 6) is -1.69. The lowest BCUT2D eigenvalue weighted by atomic mass is 9.74. The Morgan fingerprint density at radius 1 is 1.14 bits per heavy atom. The van der Waals surface area contributed by atoms with Gasteiger partial charge >= 0.3 is 5.97 Å². The van der Waals surface area contributed by atoms with Gasteiger partial charge in [0, 0.05) is 17.7 Å². The Bertz CT molecular complexity index is 1120. The SMILES string of the molecule is C/C(=C\c1csc(C)n1)[C@@H]1C[C@@H]2O[C@@H]2CCCC[C@H](O)[C@@H](C)C(=O)C(C)(C)[C@@H](O[C@H]2O[C@H](CO)[C@@H](O)C2O)CC(=O)O1. The molecule has 0 spiro atoms. The molecule has 3 aliphatic rings. The molecule has 3 aliphatic heterocycles. The van der Waals surface area contributed by atoms with Crippen molar-refractivity contribution < 1.29 is 49.0 Å². The van der Waals surface area contributed by atoms with E-state index in [9.17, 15) is 30.0 Å². The fraction of sp³-hybridized carbons (Fsp3) is 0.767. The van der Waals surface area contributed by atoms with Crippen LogP contribution in [0, 0.1) is 18.3 Å². The van der Waals surface area contributed by atoms with E-state index < -0.39 is 66.8 Å². The zero-order chi connectivity index (χ0) is 30.8. The van der Waals surface area contributed by atoms with Crippen molar-refractivity contribution in [1.29, 1.82) is 0 Å². The summed E-state index contributed by atoms with van der Waals surface area (Å²) in [5, 5.41) is 44.0. The van der Waals surface area contributed by atoms with Gasteiger partial charge in [0.1, 0.15) is 30.2 Å². The van der Waals surface area contributed by atoms with Crippen LogP contribution in [0.25, 0.3) is 6.08 Å². The van der Waals surface area contributed by atoms with Crippen LogP contribution in [0.4, 0.5) is 0 Å². The van der Waals surface area contributed by atoms with Gasteiger partial charge in [-0.15, -0.1) is 11.3 Å². The summed E-state index contributed by atoms with van der Waals surface area (Å²) < 4.78 is 23.5. The van der Waals surface area contributed by atoms with Crippen LogP contribution in [-0.4, -0.2) is 98.9 Å². The van der Waals surface area contributed by atoms with Crippen molar-refractivity contribution in [2.24, 2.45) is 11.3 Å². The molecule has 0 saturated carbocycles. The van der Waals surface area contributed by atoms with E-state index in [4.69, 9.17) is 18.9 Å². The zero-order valence-electron chi connectivity index (χ0n) is 25.0. The lowest BCUT2D eigenvalue weighted by molar-refractivity contribution is -0.217. The summed E-state index contributed by atoms with van der Waals surface area (Å²) in [6.07, 6.45) is -3.20. The Morgan fingerprint density at radius 3 is 2.50 bits per heavy atom. The number of carbonyl (C=O) groups is 2. The Morgan fingerprint density at radius 2 is 1.86 bits per heavy atom. The van der Waals surface area contributed by atoms with Crippen molar-refractivity contribution in [2.75, 3.05) is 6.61 Å². The predicted molar refractivity (Wildman–Crippen MR) is 153 cm³/mol. The van der Waals surface area contributed by atoms with E-state index in [1.807, 2.05) is 25.3 Å². The predicted octanol–water partition coefficient (Wildman–Crippen LogP) is 2.30. The molecule has 4 heterocycles. The first-order valence-electron chi connectivity index (χ1n) is 14.8. The summed E-state index contributed by atoms with van der Waals surface area (Å²) in [6, 6.07) is 0. The number of aliphatic hydroxyl groups excluding tert-OH is 4. The molecule has 236 valence electrons. The summed E-state index contributed by atoms with van der Waals surface area (Å²) >= 11 is 1.53. The molecule has 0 aliphatic carbocycles. The molecule has 0 radical (unpaired) electrons. The van der Waals surface area contributed by atoms with E-state index in [0.29, 0.717) is 12.8 Å². The standard InChI is InChI=1S/C30H45NO10S/c1-15(10-18-14-42-17(3)31-18)21-11-22-20(38-22)9-7-6-8-19(33)16(2)28(37)30(4,5)24(12-25(34)39-21)41-29-27(36)26(35)23(13-32)40-29/h10,14,16,19-24,26-27,29,32-33,35-36H,6-9,11-13H2,1-5H3/b15-10+/t16-,19+,20-,21+,22+,23-,24+,26-,27?,29-/m1/s1. The van der Waals surface area contributed by atoms with E-state index in [2.05, 4.69) is 4.98 Å². The second kappa shape index (κ2) is 13.9. The molecule has 42 heavy (non-hydrogen) atoms. The van der Waals surface area contributed by atoms with Gasteiger partial charge in [-0.25, -0.2) is 4.98 Å². The fourth-order valence-electron chi connectivity index (χ4n) is 5.79. The van der Waals surface area contributed by atoms with Crippen LogP contribution in [0.5, 0.6) is 0 Å². The largest absolute Gasteiger partial charge is 0.458 e. The number of epoxide rings is 1. The van der Waals surface area contributed by atoms with Crippen molar-refractivity contribution >= 4 is 29.2 Å². The van der Waals surface area contributed by atoms with Gasteiger partial charge in [-0.3, -0.25) is 9.59 Å². The summed E-state index contributed by atoms with van der Waals surface area (Å²) in [5.41, 5.74) is 0.263. The number of aliphatic hydroxyl groups is 4. The van der Waals surface area contributed by atoms with Crippen molar-refractivity contribution in [3.63, 3.8) is 0 Å². The van der Waals surface area contributed by atoms with Crippen LogP contribution in [-0.2, 0) is 28.5 Å². The van der Waals surface area contributed by atoms with Crippen molar-refractivity contribution in [2.45, 2.75) is 128 Å². The third kappa shape index (κ3) is 7.84. The summed E-state index contributed by atoms with van der Waals surface area (Å²) in [7, 11) is 0. The molecule has 3 saturated heterocycles. The van der Waals surface area contributed by atoms with Gasteiger partial charge in [0.05, 0.1) is 53.6 Å². The van der Waals surface area contributed by atoms with Gasteiger partial charge in [0.25, 0.3) is 0 Å². The van der Waals surface area contributed by atoms with Crippen LogP contribution in [0.2, 0.25) is 0 Å². The third-order valence-corrected chi connectivity index (χ3v) is 9.54. The first-order valence-corrected chi connectivity index (χ1v) is 15.6. The number of aryl methyl sites for hydroxylation is 1. The number of aromatic nitrogens is 1. The first kappa shape index (κ1) is 33.1. The van der Waals surface area contributed by atoms with Crippen molar-refractivity contribution in [3.8, 4) is 0 Å². The Hall–Kier alpha value is -1.77. The molecular weight excluding hydrogens is 566 g/mol. The molecule has 1 aromatic rings. The van der Waals surface area contributed by atoms with Crippen LogP contribution in [0.3, 0.4) is 0 Å². The first-order chi connectivity index (χ1) is 19.8. The van der Waals surface area contributed by atoms with Gasteiger partial charge in [0.15, 0.2) is 6.29 Å². The molecule has 12 heteroatoms. The van der Waals surface area contributed by atoms with Crippen LogP contribution in [0.15, 0.2) is 11.0 Å². The number of hydrogen-bond acceptors (Lipinski definition) is 12. The number of ether oxygens (including phenoxy) is 4. The molecule has 11 nitrogen and oxygen atoms in total. The van der Waals surface area contributed by atoms with Gasteiger partial charge in [0.2, 0.25) is 0 Å². The number of carbonyl (C=O) groups excluding carboxylic acids is 2. The number of nitrogens with zero attached hydrogens (tertiary/aromatic N) is 1. The minimum atomic E-state index is -1.50. The lowest BCUT2D eigenvalue weighted by Gasteiger charge is -2.37. The minimum absolute atomic E-state index is 0.0477. The highest BCUT2D eigenvalue weighted by Gasteiger charge is 2.49. The number of ketones is 1. The van der Waals surface area contributed by atoms with Gasteiger partial charge in [-0.2, -0.15) is 0 Å². The normalized spacial score (nSPS) is 38.6. The van der Waals surface area contributed by atoms with E-state index >= 15 is 0 Å². The maximum Gasteiger partial charge on any atom is 0.309 e. The fourth-order valence-corrected chi connectivity index (χ4v) is 6.36. The number of esters is 1. The van der Waals surface area contributed by atoms with Crippen molar-refractivity contribution in [3.05, 3.63) is 21.7 Å². The lowest BCUT2D eigenvalue weighted by Crippen LogP contribution is -2.48. The van der Waals surface area contributed by atoms with E-state index in [0.717, 1.165) is 35.5 Å². The highest BCUT2D eigenvalue weighted by Crippen LogP contribution is 2.38. The average molecular weight is 612 g/mol. The van der Waals surface area contributed by atoms with Gasteiger partial charge < -0.3 is 39.4 Å². The van der Waals surface area contributed by atoms with Crippen molar-refractivity contribution in [1.82, 2.24) is 4.98 Å². The molecule has 3 fully saturated rings. The number of thiazole rings is 1. The van der Waals surface area contributed by atoms with Gasteiger partial charge in [-0.1, -0.05) is 33.6 Å². The molecule has 4 N–H and O–H groups in total. The molecule has 0 aromatic carbocycles. The second-order valence-electron chi connectivity index (χ2n) is 12.4. The smallest absolute Gasteiger partial charge is 0.309 e. The summed E-state index contributed by atoms with van der Waals surface area (Å²) in [4.78, 5) is 31.8. The number of rotatable bonds is 5. The van der Waals surface area contributed by atoms with Crippen LogP contribution < -0.4 is 0 Å². The molecule has 1 unspecified atom stereocenters. The highest BCUT2D eigenvalue weighted by molar-refractivity contribution is 7.09. The van der Waals surface area contributed by atoms with Crippen LogP contribution in [0.1, 0.15) is 76.9 Å². The average Bonchev–Trinajstić information content (AvgIpc) is 3.46. The number of cyclic esters (lactones) is 1. The number of Topliss-reactive ketones (excluding diaryl/α,β-unsaturated/α-hetero) is 1. The monoisotopic (exact) mass is 611 g/mol. The van der Waals surface area contributed by atoms with E-state index in [1.54, 1.807) is 20.8 Å². The van der Waals surface area contributed by atoms with E-state index in [1.165, 1.54) is 11.3 Å². The number of fused-ring (bicyclic) bond motifs is 1. The third-order valence-electron chi connectivity index (χ3n) is 8.75. The summed E-state index contributed by atoms with van der Waals surface area (Å²) in [6.45, 7) is 8.15. The Kier molecular flexibility index (Phi) is 11.0. The highest BCUT2D eigenvalue weighted by atomic mass is 32.1. The van der Waals surface area contributed by atoms with Crippen LogP contribution >= 0.6 is 11.3 Å². The Labute approximate surface area is 250 Å². The molecule has 4 rings (SSSR count). The number of hydrogen-bond donors (Lipinski definition) is 4. The molecular formula is C30H45NO10S. The maximum absolute atomic E-state index is 13.7. The quantitative estimate of drug-likeness (QED) is 0.285. The van der Waals surface area contributed by atoms with E-state index in [-0.39, 0.29) is 24.4 Å².